The molecule has 3 N–H and O–H groups in total. The third kappa shape index (κ3) is 1.97. The van der Waals surface area contributed by atoms with Gasteiger partial charge in [0.25, 0.3) is 0 Å². The van der Waals surface area contributed by atoms with E-state index in [1.165, 1.54) is 0 Å². The third-order valence-corrected chi connectivity index (χ3v) is 3.55. The second-order valence-electron chi connectivity index (χ2n) is 4.86. The predicted molar refractivity (Wildman–Crippen MR) is 83.6 cm³/mol. The van der Waals surface area contributed by atoms with E-state index in [0.717, 1.165) is 33.9 Å². The monoisotopic (exact) mass is 274 g/mol. The number of hydrogen-bond donors (Lipinski definition) is 3. The van der Waals surface area contributed by atoms with E-state index in [0.29, 0.717) is 0 Å². The average Bonchev–Trinajstić information content (AvgIpc) is 3.27. The third-order valence-electron chi connectivity index (χ3n) is 3.55. The lowest BCUT2D eigenvalue weighted by Crippen LogP contribution is -1.85. The molecule has 0 fully saturated rings. The molecule has 0 unspecified atom stereocenters. The Morgan fingerprint density at radius 1 is 0.714 bits per heavy atom. The first-order valence-electron chi connectivity index (χ1n) is 6.85. The number of rotatable bonds is 3. The number of aromatic nitrogens is 4. The van der Waals surface area contributed by atoms with Crippen molar-refractivity contribution in [2.75, 3.05) is 0 Å². The Kier molecular flexibility index (Phi) is 2.71. The summed E-state index contributed by atoms with van der Waals surface area (Å²) in [5, 5.41) is 7.68. The molecule has 21 heavy (non-hydrogen) atoms. The molecular weight excluding hydrogens is 260 g/mol. The van der Waals surface area contributed by atoms with Gasteiger partial charge in [-0.1, -0.05) is 30.3 Å². The van der Waals surface area contributed by atoms with Crippen molar-refractivity contribution in [2.24, 2.45) is 0 Å². The van der Waals surface area contributed by atoms with E-state index in [4.69, 9.17) is 0 Å². The highest BCUT2D eigenvalue weighted by Crippen LogP contribution is 2.36. The number of hydrogen-bond acceptors (Lipinski definition) is 1. The summed E-state index contributed by atoms with van der Waals surface area (Å²) in [7, 11) is 0. The van der Waals surface area contributed by atoms with Gasteiger partial charge in [-0.15, -0.1) is 0 Å². The second-order valence-corrected chi connectivity index (χ2v) is 4.86. The average molecular weight is 274 g/mol. The first-order valence-corrected chi connectivity index (χ1v) is 6.85. The van der Waals surface area contributed by atoms with Crippen molar-refractivity contribution in [1.82, 2.24) is 20.2 Å². The highest BCUT2D eigenvalue weighted by molar-refractivity contribution is 5.89. The summed E-state index contributed by atoms with van der Waals surface area (Å²) in [5.74, 6) is 0. The highest BCUT2D eigenvalue weighted by atomic mass is 15.1. The molecule has 1 aromatic carbocycles. The Labute approximate surface area is 121 Å². The molecule has 4 nitrogen and oxygen atoms in total. The lowest BCUT2D eigenvalue weighted by atomic mass is 10.0. The molecule has 0 atom stereocenters. The van der Waals surface area contributed by atoms with Gasteiger partial charge >= 0.3 is 0 Å². The van der Waals surface area contributed by atoms with Crippen LogP contribution in [0.2, 0.25) is 0 Å². The summed E-state index contributed by atoms with van der Waals surface area (Å²) >= 11 is 0. The quantitative estimate of drug-likeness (QED) is 0.518. The molecule has 0 aliphatic carbocycles. The molecular formula is C17H14N4. The van der Waals surface area contributed by atoms with Crippen LogP contribution in [0.4, 0.5) is 0 Å². The van der Waals surface area contributed by atoms with Crippen LogP contribution in [0.25, 0.3) is 33.9 Å². The van der Waals surface area contributed by atoms with E-state index >= 15 is 0 Å². The summed E-state index contributed by atoms with van der Waals surface area (Å²) in [6.45, 7) is 0. The lowest BCUT2D eigenvalue weighted by Gasteiger charge is -2.04. The Bertz CT molecular complexity index is 773. The van der Waals surface area contributed by atoms with Gasteiger partial charge < -0.3 is 9.97 Å². The Morgan fingerprint density at radius 2 is 1.43 bits per heavy atom. The van der Waals surface area contributed by atoms with Crippen molar-refractivity contribution in [3.8, 4) is 33.9 Å². The van der Waals surface area contributed by atoms with Crippen LogP contribution >= 0.6 is 0 Å². The summed E-state index contributed by atoms with van der Waals surface area (Å²) < 4.78 is 0. The van der Waals surface area contributed by atoms with Gasteiger partial charge in [0.1, 0.15) is 5.69 Å². The Hall–Kier alpha value is -3.01. The van der Waals surface area contributed by atoms with Crippen LogP contribution in [0.15, 0.2) is 67.0 Å². The maximum absolute atomic E-state index is 4.51. The summed E-state index contributed by atoms with van der Waals surface area (Å²) in [4.78, 5) is 6.47. The largest absolute Gasteiger partial charge is 0.360 e. The van der Waals surface area contributed by atoms with Crippen LogP contribution in [0.5, 0.6) is 0 Å². The number of aromatic amines is 3. The smallest absolute Gasteiger partial charge is 0.117 e. The van der Waals surface area contributed by atoms with Gasteiger partial charge in [-0.05, 0) is 29.8 Å². The first kappa shape index (κ1) is 11.8. The minimum absolute atomic E-state index is 0.927. The molecule has 3 aromatic heterocycles. The van der Waals surface area contributed by atoms with Crippen LogP contribution in [-0.2, 0) is 0 Å². The molecule has 4 rings (SSSR count). The predicted octanol–water partition coefficient (Wildman–Crippen LogP) is 4.07. The van der Waals surface area contributed by atoms with Gasteiger partial charge in [0.2, 0.25) is 0 Å². The molecule has 0 radical (unpaired) electrons. The lowest BCUT2D eigenvalue weighted by molar-refractivity contribution is 1.09. The summed E-state index contributed by atoms with van der Waals surface area (Å²) in [5.41, 5.74) is 6.19. The second kappa shape index (κ2) is 4.83. The van der Waals surface area contributed by atoms with Crippen molar-refractivity contribution in [2.45, 2.75) is 0 Å². The molecule has 0 amide bonds. The van der Waals surface area contributed by atoms with E-state index in [1.807, 2.05) is 54.9 Å². The zero-order valence-corrected chi connectivity index (χ0v) is 11.3. The first-order chi connectivity index (χ1) is 10.4. The molecule has 0 spiro atoms. The van der Waals surface area contributed by atoms with Crippen LogP contribution in [0.3, 0.4) is 0 Å². The standard InChI is InChI=1S/C17H14N4/c1-2-6-12(7-3-1)15-16(13-8-4-10-18-13)20-21-17(15)14-9-5-11-19-14/h1-11,18-19H,(H,20,21). The van der Waals surface area contributed by atoms with Crippen molar-refractivity contribution in [3.63, 3.8) is 0 Å². The van der Waals surface area contributed by atoms with Crippen molar-refractivity contribution in [1.29, 1.82) is 0 Å². The highest BCUT2D eigenvalue weighted by Gasteiger charge is 2.18. The van der Waals surface area contributed by atoms with Crippen molar-refractivity contribution >= 4 is 0 Å². The van der Waals surface area contributed by atoms with Gasteiger partial charge in [-0.2, -0.15) is 5.10 Å². The molecule has 0 bridgehead atoms. The maximum Gasteiger partial charge on any atom is 0.117 e. The van der Waals surface area contributed by atoms with Gasteiger partial charge in [0, 0.05) is 18.0 Å². The molecule has 4 heteroatoms. The van der Waals surface area contributed by atoms with E-state index in [1.54, 1.807) is 0 Å². The fourth-order valence-corrected chi connectivity index (χ4v) is 2.58. The maximum atomic E-state index is 4.51. The molecule has 0 aliphatic rings. The van der Waals surface area contributed by atoms with Crippen LogP contribution in [-0.4, -0.2) is 20.2 Å². The number of H-pyrrole nitrogens is 3. The summed E-state index contributed by atoms with van der Waals surface area (Å²) in [6, 6.07) is 18.3. The molecule has 0 aliphatic heterocycles. The zero-order chi connectivity index (χ0) is 14.1. The van der Waals surface area contributed by atoms with E-state index in [2.05, 4.69) is 32.3 Å². The Balaban J connectivity index is 1.98. The molecule has 4 aromatic rings. The summed E-state index contributed by atoms with van der Waals surface area (Å²) in [6.07, 6.45) is 3.83. The Morgan fingerprint density at radius 3 is 2.10 bits per heavy atom. The van der Waals surface area contributed by atoms with Crippen LogP contribution in [0, 0.1) is 0 Å². The molecule has 0 saturated carbocycles. The van der Waals surface area contributed by atoms with E-state index in [9.17, 15) is 0 Å². The normalized spacial score (nSPS) is 10.9. The molecule has 3 heterocycles. The fourth-order valence-electron chi connectivity index (χ4n) is 2.58. The van der Waals surface area contributed by atoms with Gasteiger partial charge in [0.15, 0.2) is 0 Å². The molecule has 102 valence electrons. The number of benzene rings is 1. The van der Waals surface area contributed by atoms with Gasteiger partial charge in [-0.3, -0.25) is 5.10 Å². The van der Waals surface area contributed by atoms with E-state index < -0.39 is 0 Å². The molecule has 0 saturated heterocycles. The van der Waals surface area contributed by atoms with Crippen molar-refractivity contribution in [3.05, 3.63) is 67.0 Å². The number of nitrogens with one attached hydrogen (secondary N) is 3. The van der Waals surface area contributed by atoms with E-state index in [-0.39, 0.29) is 0 Å². The van der Waals surface area contributed by atoms with Crippen LogP contribution in [0.1, 0.15) is 0 Å². The van der Waals surface area contributed by atoms with Crippen LogP contribution < -0.4 is 0 Å². The topological polar surface area (TPSA) is 60.3 Å². The fraction of sp³-hybridized carbons (Fsp3) is 0. The minimum Gasteiger partial charge on any atom is -0.360 e. The zero-order valence-electron chi connectivity index (χ0n) is 11.3. The SMILES string of the molecule is c1ccc(-c2c(-c3ccc[nH]3)n[nH]c2-c2ccc[nH]2)cc1. The number of nitrogens with zero attached hydrogens (tertiary/aromatic N) is 1. The van der Waals surface area contributed by atoms with Crippen molar-refractivity contribution < 1.29 is 0 Å². The van der Waals surface area contributed by atoms with Gasteiger partial charge in [-0.25, -0.2) is 0 Å². The minimum atomic E-state index is 0.927. The van der Waals surface area contributed by atoms with Gasteiger partial charge in [0.05, 0.1) is 17.1 Å².